The third-order valence-corrected chi connectivity index (χ3v) is 4.28. The number of nitro benzene ring substituents is 1. The Morgan fingerprint density at radius 1 is 1.44 bits per heavy atom. The van der Waals surface area contributed by atoms with Gasteiger partial charge in [0, 0.05) is 11.8 Å². The molecule has 0 amide bonds. The summed E-state index contributed by atoms with van der Waals surface area (Å²) < 4.78 is 23.3. The standard InChI is InChI=1S/C10H11N3O4S/c1-2-18(16,17)5-7-9(13(14)15)4-3-8-10(7)12-6-11-8/h3-4,6H,2,5H2,1H3,(H,11,12). The zero-order valence-electron chi connectivity index (χ0n) is 9.58. The van der Waals surface area contributed by atoms with E-state index in [1.54, 1.807) is 0 Å². The average molecular weight is 269 g/mol. The molecule has 0 spiro atoms. The van der Waals surface area contributed by atoms with E-state index in [-0.39, 0.29) is 22.8 Å². The Hall–Kier alpha value is -1.96. The molecule has 0 radical (unpaired) electrons. The molecule has 0 atom stereocenters. The lowest BCUT2D eigenvalue weighted by atomic mass is 10.1. The van der Waals surface area contributed by atoms with Gasteiger partial charge in [0.25, 0.3) is 5.69 Å². The van der Waals surface area contributed by atoms with Crippen molar-refractivity contribution in [3.63, 3.8) is 0 Å². The number of imidazole rings is 1. The van der Waals surface area contributed by atoms with Gasteiger partial charge in [0.2, 0.25) is 0 Å². The van der Waals surface area contributed by atoms with Gasteiger partial charge in [0.15, 0.2) is 9.84 Å². The fraction of sp³-hybridized carbons (Fsp3) is 0.300. The molecule has 1 heterocycles. The average Bonchev–Trinajstić information content (AvgIpc) is 2.77. The van der Waals surface area contributed by atoms with E-state index in [2.05, 4.69) is 9.97 Å². The molecular weight excluding hydrogens is 258 g/mol. The van der Waals surface area contributed by atoms with E-state index in [0.29, 0.717) is 11.0 Å². The van der Waals surface area contributed by atoms with Crippen molar-refractivity contribution in [2.24, 2.45) is 0 Å². The molecule has 2 rings (SSSR count). The van der Waals surface area contributed by atoms with Gasteiger partial charge in [-0.3, -0.25) is 10.1 Å². The van der Waals surface area contributed by atoms with E-state index in [9.17, 15) is 18.5 Å². The second kappa shape index (κ2) is 4.37. The maximum Gasteiger partial charge on any atom is 0.275 e. The van der Waals surface area contributed by atoms with Crippen molar-refractivity contribution >= 4 is 26.6 Å². The Kier molecular flexibility index (Phi) is 3.04. The fourth-order valence-electron chi connectivity index (χ4n) is 1.69. The van der Waals surface area contributed by atoms with E-state index >= 15 is 0 Å². The normalized spacial score (nSPS) is 11.8. The van der Waals surface area contributed by atoms with Crippen LogP contribution in [0.2, 0.25) is 0 Å². The van der Waals surface area contributed by atoms with Crippen molar-refractivity contribution in [2.75, 3.05) is 5.75 Å². The minimum atomic E-state index is -3.36. The Morgan fingerprint density at radius 2 is 2.17 bits per heavy atom. The van der Waals surface area contributed by atoms with Crippen molar-refractivity contribution in [3.05, 3.63) is 34.1 Å². The van der Waals surface area contributed by atoms with E-state index in [0.717, 1.165) is 0 Å². The van der Waals surface area contributed by atoms with Crippen LogP contribution in [0, 0.1) is 10.1 Å². The quantitative estimate of drug-likeness (QED) is 0.667. The van der Waals surface area contributed by atoms with Crippen LogP contribution >= 0.6 is 0 Å². The molecule has 0 saturated heterocycles. The van der Waals surface area contributed by atoms with Crippen LogP contribution in [0.1, 0.15) is 12.5 Å². The molecule has 7 nitrogen and oxygen atoms in total. The van der Waals surface area contributed by atoms with Crippen molar-refractivity contribution in [1.29, 1.82) is 0 Å². The maximum atomic E-state index is 11.6. The summed E-state index contributed by atoms with van der Waals surface area (Å²) in [5.41, 5.74) is 0.843. The molecule has 0 aliphatic rings. The van der Waals surface area contributed by atoms with Crippen molar-refractivity contribution < 1.29 is 13.3 Å². The van der Waals surface area contributed by atoms with Crippen LogP contribution < -0.4 is 0 Å². The number of nitrogens with zero attached hydrogens (tertiary/aromatic N) is 2. The number of nitro groups is 1. The summed E-state index contributed by atoms with van der Waals surface area (Å²) >= 11 is 0. The molecule has 8 heteroatoms. The first-order valence-corrected chi connectivity index (χ1v) is 7.06. The lowest BCUT2D eigenvalue weighted by Crippen LogP contribution is -2.09. The molecule has 1 aromatic heterocycles. The summed E-state index contributed by atoms with van der Waals surface area (Å²) in [5.74, 6) is -0.438. The summed E-state index contributed by atoms with van der Waals surface area (Å²) in [5, 5.41) is 10.9. The Morgan fingerprint density at radius 3 is 2.78 bits per heavy atom. The van der Waals surface area contributed by atoms with Gasteiger partial charge in [-0.2, -0.15) is 0 Å². The number of benzene rings is 1. The van der Waals surface area contributed by atoms with Gasteiger partial charge < -0.3 is 4.98 Å². The molecule has 1 N–H and O–H groups in total. The van der Waals surface area contributed by atoms with Crippen LogP contribution in [0.5, 0.6) is 0 Å². The number of aromatic amines is 1. The first-order chi connectivity index (χ1) is 8.44. The highest BCUT2D eigenvalue weighted by Crippen LogP contribution is 2.27. The Balaban J connectivity index is 2.68. The fourth-order valence-corrected chi connectivity index (χ4v) is 2.62. The van der Waals surface area contributed by atoms with Crippen molar-refractivity contribution in [1.82, 2.24) is 9.97 Å². The number of nitrogens with one attached hydrogen (secondary N) is 1. The monoisotopic (exact) mass is 269 g/mol. The lowest BCUT2D eigenvalue weighted by molar-refractivity contribution is -0.385. The maximum absolute atomic E-state index is 11.6. The summed E-state index contributed by atoms with van der Waals surface area (Å²) in [4.78, 5) is 17.1. The van der Waals surface area contributed by atoms with Crippen LogP contribution in [-0.4, -0.2) is 29.1 Å². The number of hydrogen-bond donors (Lipinski definition) is 1. The largest absolute Gasteiger partial charge is 0.345 e. The zero-order valence-corrected chi connectivity index (χ0v) is 10.4. The first kappa shape index (κ1) is 12.5. The van der Waals surface area contributed by atoms with Gasteiger partial charge in [0.1, 0.15) is 0 Å². The summed E-state index contributed by atoms with van der Waals surface area (Å²) in [6, 6.07) is 2.81. The summed E-state index contributed by atoms with van der Waals surface area (Å²) in [6.07, 6.45) is 1.39. The van der Waals surface area contributed by atoms with E-state index in [1.807, 2.05) is 0 Å². The third-order valence-electron chi connectivity index (χ3n) is 2.67. The number of aromatic nitrogens is 2. The van der Waals surface area contributed by atoms with E-state index in [4.69, 9.17) is 0 Å². The molecule has 96 valence electrons. The number of fused-ring (bicyclic) bond motifs is 1. The highest BCUT2D eigenvalue weighted by Gasteiger charge is 2.23. The molecule has 0 aliphatic heterocycles. The zero-order chi connectivity index (χ0) is 13.3. The van der Waals surface area contributed by atoms with Crippen molar-refractivity contribution in [3.8, 4) is 0 Å². The van der Waals surface area contributed by atoms with Gasteiger partial charge in [-0.05, 0) is 6.07 Å². The topological polar surface area (TPSA) is 106 Å². The second-order valence-corrected chi connectivity index (χ2v) is 6.15. The summed E-state index contributed by atoms with van der Waals surface area (Å²) in [7, 11) is -3.36. The van der Waals surface area contributed by atoms with Gasteiger partial charge in [-0.25, -0.2) is 13.4 Å². The molecule has 0 bridgehead atoms. The van der Waals surface area contributed by atoms with Crippen molar-refractivity contribution in [2.45, 2.75) is 12.7 Å². The second-order valence-electron chi connectivity index (χ2n) is 3.80. The molecule has 2 aromatic rings. The van der Waals surface area contributed by atoms with E-state index in [1.165, 1.54) is 25.4 Å². The lowest BCUT2D eigenvalue weighted by Gasteiger charge is -2.04. The highest BCUT2D eigenvalue weighted by molar-refractivity contribution is 7.90. The number of sulfone groups is 1. The SMILES string of the molecule is CCS(=O)(=O)Cc1c([N+](=O)[O-])ccc2[nH]cnc12. The Bertz CT molecular complexity index is 705. The van der Waals surface area contributed by atoms with Gasteiger partial charge >= 0.3 is 0 Å². The van der Waals surface area contributed by atoms with Gasteiger partial charge in [0.05, 0.1) is 33.6 Å². The summed E-state index contributed by atoms with van der Waals surface area (Å²) in [6.45, 7) is 1.51. The first-order valence-electron chi connectivity index (χ1n) is 5.24. The molecular formula is C10H11N3O4S. The number of hydrogen-bond acceptors (Lipinski definition) is 5. The van der Waals surface area contributed by atoms with E-state index < -0.39 is 14.8 Å². The van der Waals surface area contributed by atoms with Crippen LogP contribution in [0.15, 0.2) is 18.5 Å². The van der Waals surface area contributed by atoms with Gasteiger partial charge in [-0.1, -0.05) is 6.92 Å². The predicted octanol–water partition coefficient (Wildman–Crippen LogP) is 1.41. The smallest absolute Gasteiger partial charge is 0.275 e. The predicted molar refractivity (Wildman–Crippen MR) is 65.9 cm³/mol. The molecule has 1 aromatic carbocycles. The van der Waals surface area contributed by atoms with Crippen LogP contribution in [0.25, 0.3) is 11.0 Å². The molecule has 0 aliphatic carbocycles. The highest BCUT2D eigenvalue weighted by atomic mass is 32.2. The Labute approximate surface area is 103 Å². The van der Waals surface area contributed by atoms with Crippen LogP contribution in [0.3, 0.4) is 0 Å². The van der Waals surface area contributed by atoms with Gasteiger partial charge in [-0.15, -0.1) is 0 Å². The number of H-pyrrole nitrogens is 1. The van der Waals surface area contributed by atoms with Crippen LogP contribution in [0.4, 0.5) is 5.69 Å². The number of rotatable bonds is 4. The minimum Gasteiger partial charge on any atom is -0.345 e. The van der Waals surface area contributed by atoms with Crippen LogP contribution in [-0.2, 0) is 15.6 Å². The molecule has 0 unspecified atom stereocenters. The third kappa shape index (κ3) is 2.19. The minimum absolute atomic E-state index is 0.0645. The molecule has 0 saturated carbocycles. The molecule has 0 fully saturated rings. The molecule has 18 heavy (non-hydrogen) atoms.